The van der Waals surface area contributed by atoms with Crippen LogP contribution in [0.3, 0.4) is 0 Å². The molecule has 3 rings (SSSR count). The van der Waals surface area contributed by atoms with Gasteiger partial charge in [-0.2, -0.15) is 0 Å². The van der Waals surface area contributed by atoms with Crippen molar-refractivity contribution < 1.29 is 14.3 Å². The summed E-state index contributed by atoms with van der Waals surface area (Å²) < 4.78 is 7.02. The van der Waals surface area contributed by atoms with Crippen LogP contribution in [0.25, 0.3) is 5.69 Å². The Balaban J connectivity index is 1.58. The minimum Gasteiger partial charge on any atom is -0.452 e. The van der Waals surface area contributed by atoms with Crippen molar-refractivity contribution in [3.05, 3.63) is 35.7 Å². The number of hydrogen-bond acceptors (Lipinski definition) is 6. The minimum absolute atomic E-state index is 0.221. The molecule has 1 aromatic heterocycles. The third-order valence-corrected chi connectivity index (χ3v) is 5.02. The summed E-state index contributed by atoms with van der Waals surface area (Å²) in [5.41, 5.74) is 1.27. The molecule has 0 saturated heterocycles. The molecule has 1 N–H and O–H groups in total. The van der Waals surface area contributed by atoms with Crippen LogP contribution in [0.4, 0.5) is 0 Å². The van der Waals surface area contributed by atoms with Crippen molar-refractivity contribution >= 4 is 23.6 Å². The highest BCUT2D eigenvalue weighted by Gasteiger charge is 2.18. The number of ether oxygens (including phenoxy) is 1. The second-order valence-corrected chi connectivity index (χ2v) is 7.01. The standard InChI is InChI=1S/C18H22N4O3S/c1-12-20-21-18(26-2)22(12)15-9-7-13(8-10-15)17(24)25-11-16(23)19-14-5-3-4-6-14/h7-10,14H,3-6,11H2,1-2H3,(H,19,23). The molecule has 0 unspecified atom stereocenters. The molecule has 1 aliphatic carbocycles. The van der Waals surface area contributed by atoms with Crippen molar-refractivity contribution in [2.75, 3.05) is 12.9 Å². The number of nitrogens with zero attached hydrogens (tertiary/aromatic N) is 3. The Kier molecular flexibility index (Phi) is 5.92. The number of carbonyl (C=O) groups excluding carboxylic acids is 2. The van der Waals surface area contributed by atoms with Gasteiger partial charge in [0.05, 0.1) is 5.56 Å². The van der Waals surface area contributed by atoms with Gasteiger partial charge < -0.3 is 10.1 Å². The summed E-state index contributed by atoms with van der Waals surface area (Å²) in [5.74, 6) is 0.0172. The van der Waals surface area contributed by atoms with Gasteiger partial charge in [-0.1, -0.05) is 24.6 Å². The van der Waals surface area contributed by atoms with E-state index in [0.717, 1.165) is 42.4 Å². The highest BCUT2D eigenvalue weighted by Crippen LogP contribution is 2.20. The molecule has 0 spiro atoms. The van der Waals surface area contributed by atoms with E-state index in [2.05, 4.69) is 15.5 Å². The van der Waals surface area contributed by atoms with Crippen LogP contribution in [0.1, 0.15) is 41.9 Å². The normalized spacial score (nSPS) is 14.4. The van der Waals surface area contributed by atoms with Crippen LogP contribution in [-0.2, 0) is 9.53 Å². The number of thioether (sulfide) groups is 1. The van der Waals surface area contributed by atoms with Crippen LogP contribution in [0, 0.1) is 6.92 Å². The third-order valence-electron chi connectivity index (χ3n) is 4.39. The summed E-state index contributed by atoms with van der Waals surface area (Å²) in [6.07, 6.45) is 6.22. The summed E-state index contributed by atoms with van der Waals surface area (Å²) in [6.45, 7) is 1.62. The Bertz CT molecular complexity index is 782. The smallest absolute Gasteiger partial charge is 0.338 e. The van der Waals surface area contributed by atoms with E-state index in [1.165, 1.54) is 11.8 Å². The predicted octanol–water partition coefficient (Wildman–Crippen LogP) is 2.51. The molecule has 1 heterocycles. The Morgan fingerprint density at radius 1 is 1.23 bits per heavy atom. The first-order valence-corrected chi connectivity index (χ1v) is 9.84. The molecule has 1 amide bonds. The van der Waals surface area contributed by atoms with E-state index in [1.807, 2.05) is 29.9 Å². The van der Waals surface area contributed by atoms with Crippen LogP contribution in [0.15, 0.2) is 29.4 Å². The van der Waals surface area contributed by atoms with Gasteiger partial charge in [-0.25, -0.2) is 4.79 Å². The zero-order valence-electron chi connectivity index (χ0n) is 14.9. The molecule has 1 saturated carbocycles. The van der Waals surface area contributed by atoms with Crippen LogP contribution >= 0.6 is 11.8 Å². The van der Waals surface area contributed by atoms with Gasteiger partial charge in [0.1, 0.15) is 5.82 Å². The zero-order valence-corrected chi connectivity index (χ0v) is 15.7. The summed E-state index contributed by atoms with van der Waals surface area (Å²) in [7, 11) is 0. The second kappa shape index (κ2) is 8.35. The molecule has 2 aromatic rings. The van der Waals surface area contributed by atoms with Gasteiger partial charge in [0, 0.05) is 11.7 Å². The van der Waals surface area contributed by atoms with Gasteiger partial charge in [-0.3, -0.25) is 9.36 Å². The van der Waals surface area contributed by atoms with Gasteiger partial charge in [0.25, 0.3) is 5.91 Å². The van der Waals surface area contributed by atoms with E-state index in [0.29, 0.717) is 5.56 Å². The SMILES string of the molecule is CSc1nnc(C)n1-c1ccc(C(=O)OCC(=O)NC2CCCC2)cc1. The van der Waals surface area contributed by atoms with Crippen molar-refractivity contribution in [2.24, 2.45) is 0 Å². The quantitative estimate of drug-likeness (QED) is 0.618. The second-order valence-electron chi connectivity index (χ2n) is 6.24. The fourth-order valence-corrected chi connectivity index (χ4v) is 3.62. The van der Waals surface area contributed by atoms with Crippen molar-refractivity contribution in [1.82, 2.24) is 20.1 Å². The first-order valence-electron chi connectivity index (χ1n) is 8.61. The largest absolute Gasteiger partial charge is 0.452 e. The van der Waals surface area contributed by atoms with Crippen LogP contribution in [0.2, 0.25) is 0 Å². The Morgan fingerprint density at radius 3 is 2.58 bits per heavy atom. The van der Waals surface area contributed by atoms with Crippen molar-refractivity contribution in [2.45, 2.75) is 43.8 Å². The lowest BCUT2D eigenvalue weighted by Crippen LogP contribution is -2.35. The van der Waals surface area contributed by atoms with Crippen LogP contribution < -0.4 is 5.32 Å². The fraction of sp³-hybridized carbons (Fsp3) is 0.444. The summed E-state index contributed by atoms with van der Waals surface area (Å²) in [5, 5.41) is 11.8. The van der Waals surface area contributed by atoms with E-state index >= 15 is 0 Å². The zero-order chi connectivity index (χ0) is 18.5. The minimum atomic E-state index is -0.510. The summed E-state index contributed by atoms with van der Waals surface area (Å²) in [4.78, 5) is 24.0. The van der Waals surface area contributed by atoms with E-state index in [-0.39, 0.29) is 18.6 Å². The Morgan fingerprint density at radius 2 is 1.92 bits per heavy atom. The van der Waals surface area contributed by atoms with Gasteiger partial charge in [-0.05, 0) is 50.3 Å². The van der Waals surface area contributed by atoms with Gasteiger partial charge in [0.15, 0.2) is 11.8 Å². The van der Waals surface area contributed by atoms with Crippen molar-refractivity contribution in [1.29, 1.82) is 0 Å². The van der Waals surface area contributed by atoms with E-state index in [1.54, 1.807) is 12.1 Å². The average molecular weight is 374 g/mol. The topological polar surface area (TPSA) is 86.1 Å². The Hall–Kier alpha value is -2.35. The number of carbonyl (C=O) groups is 2. The number of amides is 1. The predicted molar refractivity (Wildman–Crippen MR) is 98.6 cm³/mol. The molecule has 1 fully saturated rings. The highest BCUT2D eigenvalue weighted by atomic mass is 32.2. The summed E-state index contributed by atoms with van der Waals surface area (Å²) >= 11 is 1.50. The first kappa shape index (κ1) is 18.4. The van der Waals surface area contributed by atoms with E-state index < -0.39 is 5.97 Å². The molecule has 8 heteroatoms. The number of aryl methyl sites for hydroxylation is 1. The number of rotatable bonds is 6. The lowest BCUT2D eigenvalue weighted by molar-refractivity contribution is -0.124. The van der Waals surface area contributed by atoms with Crippen molar-refractivity contribution in [3.63, 3.8) is 0 Å². The number of benzene rings is 1. The molecule has 1 aliphatic rings. The lowest BCUT2D eigenvalue weighted by Gasteiger charge is -2.12. The number of esters is 1. The number of hydrogen-bond donors (Lipinski definition) is 1. The average Bonchev–Trinajstić information content (AvgIpc) is 3.29. The van der Waals surface area contributed by atoms with Gasteiger partial charge in [-0.15, -0.1) is 10.2 Å². The highest BCUT2D eigenvalue weighted by molar-refractivity contribution is 7.98. The first-order chi connectivity index (χ1) is 12.6. The van der Waals surface area contributed by atoms with Gasteiger partial charge >= 0.3 is 5.97 Å². The molecule has 138 valence electrons. The monoisotopic (exact) mass is 374 g/mol. The maximum atomic E-state index is 12.1. The molecule has 0 radical (unpaired) electrons. The maximum absolute atomic E-state index is 12.1. The van der Waals surface area contributed by atoms with Crippen LogP contribution in [-0.4, -0.2) is 45.5 Å². The molecule has 0 aliphatic heterocycles. The molecular weight excluding hydrogens is 352 g/mol. The lowest BCUT2D eigenvalue weighted by atomic mass is 10.2. The molecule has 0 atom stereocenters. The summed E-state index contributed by atoms with van der Waals surface area (Å²) in [6, 6.07) is 7.20. The van der Waals surface area contributed by atoms with E-state index in [9.17, 15) is 9.59 Å². The number of aromatic nitrogens is 3. The third kappa shape index (κ3) is 4.24. The fourth-order valence-electron chi connectivity index (χ4n) is 3.07. The number of nitrogens with one attached hydrogen (secondary N) is 1. The van der Waals surface area contributed by atoms with Crippen LogP contribution in [0.5, 0.6) is 0 Å². The maximum Gasteiger partial charge on any atom is 0.338 e. The van der Waals surface area contributed by atoms with Gasteiger partial charge in [0.2, 0.25) is 0 Å². The van der Waals surface area contributed by atoms with Crippen molar-refractivity contribution in [3.8, 4) is 5.69 Å². The molecule has 26 heavy (non-hydrogen) atoms. The van der Waals surface area contributed by atoms with E-state index in [4.69, 9.17) is 4.74 Å². The molecule has 1 aromatic carbocycles. The molecular formula is C18H22N4O3S. The Labute approximate surface area is 156 Å². The molecule has 7 nitrogen and oxygen atoms in total. The molecule has 0 bridgehead atoms.